The number of likely N-dealkylation sites (N-methyl/N-ethyl adjacent to an activating group) is 1. The summed E-state index contributed by atoms with van der Waals surface area (Å²) in [7, 11) is 4.03. The molecule has 0 aliphatic rings. The number of fused-ring (bicyclic) bond motifs is 1. The minimum atomic E-state index is 0.0239. The lowest BCUT2D eigenvalue weighted by Crippen LogP contribution is -2.32. The average molecular weight is 392 g/mol. The summed E-state index contributed by atoms with van der Waals surface area (Å²) in [5.74, 6) is 0.119. The monoisotopic (exact) mass is 391 g/mol. The number of nitrogens with zero attached hydrogens (tertiary/aromatic N) is 1. The van der Waals surface area contributed by atoms with Gasteiger partial charge in [-0.05, 0) is 56.6 Å². The summed E-state index contributed by atoms with van der Waals surface area (Å²) in [4.78, 5) is 18.4. The Labute approximate surface area is 174 Å². The van der Waals surface area contributed by atoms with Gasteiger partial charge in [0.05, 0.1) is 0 Å². The Bertz CT molecular complexity index is 987. The van der Waals surface area contributed by atoms with Gasteiger partial charge in [-0.15, -0.1) is 0 Å². The van der Waals surface area contributed by atoms with Crippen LogP contribution in [-0.4, -0.2) is 43.0 Å². The van der Waals surface area contributed by atoms with Gasteiger partial charge in [-0.2, -0.15) is 0 Å². The van der Waals surface area contributed by atoms with E-state index in [2.05, 4.69) is 78.6 Å². The van der Waals surface area contributed by atoms with Crippen molar-refractivity contribution in [3.8, 4) is 0 Å². The van der Waals surface area contributed by atoms with Gasteiger partial charge in [-0.25, -0.2) is 0 Å². The van der Waals surface area contributed by atoms with E-state index in [1.165, 1.54) is 38.7 Å². The molecule has 0 aliphatic carbocycles. The number of carbonyl (C=O) groups is 1. The fourth-order valence-electron chi connectivity index (χ4n) is 4.10. The number of hydrogen-bond donors (Lipinski definition) is 2. The van der Waals surface area contributed by atoms with Crippen LogP contribution in [0.5, 0.6) is 0 Å². The number of nitrogens with one attached hydrogen (secondary N) is 2. The maximum atomic E-state index is 12.8. The average Bonchev–Trinajstić information content (AvgIpc) is 3.10. The molecule has 3 rings (SSSR count). The summed E-state index contributed by atoms with van der Waals surface area (Å²) in [6, 6.07) is 13.0. The second-order valence-electron chi connectivity index (χ2n) is 8.21. The number of H-pyrrole nitrogens is 1. The van der Waals surface area contributed by atoms with Crippen molar-refractivity contribution in [3.63, 3.8) is 0 Å². The number of benzene rings is 2. The molecule has 1 atom stereocenters. The van der Waals surface area contributed by atoms with E-state index in [0.29, 0.717) is 13.0 Å². The molecule has 0 radical (unpaired) electrons. The van der Waals surface area contributed by atoms with Crippen LogP contribution < -0.4 is 5.32 Å². The molecule has 0 aliphatic heterocycles. The number of rotatable bonds is 8. The number of amides is 1. The van der Waals surface area contributed by atoms with Crippen LogP contribution in [0.1, 0.15) is 47.1 Å². The van der Waals surface area contributed by atoms with Gasteiger partial charge >= 0.3 is 0 Å². The number of aromatic amines is 1. The van der Waals surface area contributed by atoms with E-state index in [0.717, 1.165) is 13.0 Å². The molecule has 29 heavy (non-hydrogen) atoms. The lowest BCUT2D eigenvalue weighted by Gasteiger charge is -2.20. The molecule has 2 aromatic carbocycles. The highest BCUT2D eigenvalue weighted by Gasteiger charge is 2.23. The van der Waals surface area contributed by atoms with E-state index in [9.17, 15) is 4.79 Å². The van der Waals surface area contributed by atoms with Crippen molar-refractivity contribution in [2.75, 3.05) is 27.2 Å². The molecule has 1 unspecified atom stereocenters. The smallest absolute Gasteiger partial charge is 0.220 e. The third-order valence-electron chi connectivity index (χ3n) is 5.66. The maximum absolute atomic E-state index is 12.8. The van der Waals surface area contributed by atoms with Gasteiger partial charge in [0.1, 0.15) is 0 Å². The van der Waals surface area contributed by atoms with Gasteiger partial charge in [0.15, 0.2) is 0 Å². The van der Waals surface area contributed by atoms with Gasteiger partial charge in [0, 0.05) is 42.5 Å². The second-order valence-corrected chi connectivity index (χ2v) is 8.21. The molecule has 4 nitrogen and oxygen atoms in total. The van der Waals surface area contributed by atoms with E-state index in [4.69, 9.17) is 0 Å². The predicted octanol–water partition coefficient (Wildman–Crippen LogP) is 4.55. The van der Waals surface area contributed by atoms with Crippen molar-refractivity contribution in [1.29, 1.82) is 0 Å². The standard InChI is InChI=1S/C25H33N3O/c1-6-19-8-7-9-21-23(16-27-25(19)21)22(15-24(29)26-12-13-28(4)5)20-11-10-17(2)14-18(20)3/h7-11,14,16,22,27H,6,12-13,15H2,1-5H3,(H,26,29). The lowest BCUT2D eigenvalue weighted by atomic mass is 9.85. The Morgan fingerprint density at radius 2 is 1.93 bits per heavy atom. The zero-order valence-electron chi connectivity index (χ0n) is 18.3. The van der Waals surface area contributed by atoms with Crippen LogP contribution in [0.25, 0.3) is 10.9 Å². The van der Waals surface area contributed by atoms with Crippen molar-refractivity contribution < 1.29 is 4.79 Å². The third-order valence-corrected chi connectivity index (χ3v) is 5.66. The first-order valence-corrected chi connectivity index (χ1v) is 10.5. The van der Waals surface area contributed by atoms with E-state index in [-0.39, 0.29) is 11.8 Å². The van der Waals surface area contributed by atoms with Crippen LogP contribution in [0.2, 0.25) is 0 Å². The van der Waals surface area contributed by atoms with Crippen LogP contribution >= 0.6 is 0 Å². The van der Waals surface area contributed by atoms with Crippen LogP contribution in [0.15, 0.2) is 42.6 Å². The Balaban J connectivity index is 1.98. The molecule has 1 aromatic heterocycles. The van der Waals surface area contributed by atoms with E-state index >= 15 is 0 Å². The van der Waals surface area contributed by atoms with E-state index in [1.807, 2.05) is 14.1 Å². The van der Waals surface area contributed by atoms with E-state index in [1.54, 1.807) is 0 Å². The third kappa shape index (κ3) is 4.88. The summed E-state index contributed by atoms with van der Waals surface area (Å²) >= 11 is 0. The lowest BCUT2D eigenvalue weighted by molar-refractivity contribution is -0.121. The topological polar surface area (TPSA) is 48.1 Å². The summed E-state index contributed by atoms with van der Waals surface area (Å²) in [5.41, 5.74) is 7.40. The molecule has 0 spiro atoms. The van der Waals surface area contributed by atoms with Crippen LogP contribution in [0.4, 0.5) is 0 Å². The maximum Gasteiger partial charge on any atom is 0.220 e. The Kier molecular flexibility index (Phi) is 6.75. The van der Waals surface area contributed by atoms with Crippen molar-refractivity contribution in [3.05, 3.63) is 70.4 Å². The van der Waals surface area contributed by atoms with Crippen molar-refractivity contribution >= 4 is 16.8 Å². The zero-order chi connectivity index (χ0) is 21.0. The fourth-order valence-corrected chi connectivity index (χ4v) is 4.10. The number of hydrogen-bond acceptors (Lipinski definition) is 2. The molecule has 4 heteroatoms. The van der Waals surface area contributed by atoms with Gasteiger partial charge in [-0.1, -0.05) is 48.9 Å². The molecule has 1 heterocycles. The molecule has 3 aromatic rings. The number of para-hydroxylation sites is 1. The molecule has 0 bridgehead atoms. The quantitative estimate of drug-likeness (QED) is 0.592. The van der Waals surface area contributed by atoms with Crippen LogP contribution in [0, 0.1) is 13.8 Å². The van der Waals surface area contributed by atoms with E-state index < -0.39 is 0 Å². The molecule has 2 N–H and O–H groups in total. The SMILES string of the molecule is CCc1cccc2c(C(CC(=O)NCCN(C)C)c3ccc(C)cc3C)c[nH]c12. The predicted molar refractivity (Wildman–Crippen MR) is 122 cm³/mol. The second kappa shape index (κ2) is 9.27. The van der Waals surface area contributed by atoms with Gasteiger partial charge in [-0.3, -0.25) is 4.79 Å². The summed E-state index contributed by atoms with van der Waals surface area (Å²) in [6.45, 7) is 7.94. The number of aromatic nitrogens is 1. The highest BCUT2D eigenvalue weighted by molar-refractivity contribution is 5.88. The van der Waals surface area contributed by atoms with Gasteiger partial charge in [0.2, 0.25) is 5.91 Å². The normalized spacial score (nSPS) is 12.5. The van der Waals surface area contributed by atoms with Crippen molar-refractivity contribution in [2.45, 2.75) is 39.5 Å². The highest BCUT2D eigenvalue weighted by Crippen LogP contribution is 2.36. The van der Waals surface area contributed by atoms with Crippen molar-refractivity contribution in [2.24, 2.45) is 0 Å². The first-order valence-electron chi connectivity index (χ1n) is 10.5. The molecule has 0 saturated heterocycles. The first-order chi connectivity index (χ1) is 13.9. The number of aryl methyl sites for hydroxylation is 3. The summed E-state index contributed by atoms with van der Waals surface area (Å²) in [5, 5.41) is 4.30. The highest BCUT2D eigenvalue weighted by atomic mass is 16.1. The molecular weight excluding hydrogens is 358 g/mol. The first kappa shape index (κ1) is 21.1. The molecule has 0 saturated carbocycles. The molecule has 154 valence electrons. The fraction of sp³-hybridized carbons (Fsp3) is 0.400. The summed E-state index contributed by atoms with van der Waals surface area (Å²) < 4.78 is 0. The number of carbonyl (C=O) groups excluding carboxylic acids is 1. The molecule has 1 amide bonds. The van der Waals surface area contributed by atoms with Crippen LogP contribution in [0.3, 0.4) is 0 Å². The van der Waals surface area contributed by atoms with Crippen LogP contribution in [-0.2, 0) is 11.2 Å². The van der Waals surface area contributed by atoms with Crippen molar-refractivity contribution in [1.82, 2.24) is 15.2 Å². The Hall–Kier alpha value is -2.59. The van der Waals surface area contributed by atoms with Gasteiger partial charge in [0.25, 0.3) is 0 Å². The Morgan fingerprint density at radius 1 is 1.14 bits per heavy atom. The molecule has 0 fully saturated rings. The zero-order valence-corrected chi connectivity index (χ0v) is 18.3. The summed E-state index contributed by atoms with van der Waals surface area (Å²) in [6.07, 6.45) is 3.53. The minimum Gasteiger partial charge on any atom is -0.361 e. The largest absolute Gasteiger partial charge is 0.361 e. The minimum absolute atomic E-state index is 0.0239. The Morgan fingerprint density at radius 3 is 2.62 bits per heavy atom. The van der Waals surface area contributed by atoms with Gasteiger partial charge < -0.3 is 15.2 Å². The molecular formula is C25H33N3O.